The highest BCUT2D eigenvalue weighted by molar-refractivity contribution is 5.19. The van der Waals surface area contributed by atoms with Gasteiger partial charge in [0.05, 0.1) is 5.60 Å². The van der Waals surface area contributed by atoms with Gasteiger partial charge < -0.3 is 0 Å². The monoisotopic (exact) mass is 284 g/mol. The zero-order valence-electron chi connectivity index (χ0n) is 12.7. The molecule has 1 aliphatic rings. The Kier molecular flexibility index (Phi) is 10.3. The largest absolute Gasteiger partial charge is 0.255 e. The van der Waals surface area contributed by atoms with E-state index < -0.39 is 5.60 Å². The van der Waals surface area contributed by atoms with Crippen LogP contribution in [-0.2, 0) is 4.89 Å². The fourth-order valence-corrected chi connectivity index (χ4v) is 2.16. The maximum absolute atomic E-state index is 7.90. The molecule has 0 aromatic heterocycles. The quantitative estimate of drug-likeness (QED) is 0.500. The maximum Gasteiger partial charge on any atom is 0.0949 e. The van der Waals surface area contributed by atoms with Crippen molar-refractivity contribution in [3.63, 3.8) is 0 Å². The molecular formula is C16H28O4. The van der Waals surface area contributed by atoms with Gasteiger partial charge in [-0.15, -0.1) is 0 Å². The van der Waals surface area contributed by atoms with E-state index in [1.165, 1.54) is 32.1 Å². The molecule has 0 amide bonds. The number of benzene rings is 1. The third-order valence-corrected chi connectivity index (χ3v) is 3.15. The second-order valence-electron chi connectivity index (χ2n) is 5.95. The minimum absolute atomic E-state index is 0.403. The third-order valence-electron chi connectivity index (χ3n) is 3.15. The lowest BCUT2D eigenvalue weighted by molar-refractivity contribution is -0.306. The average Bonchev–Trinajstić information content (AvgIpc) is 2.51. The van der Waals surface area contributed by atoms with Crippen molar-refractivity contribution in [1.82, 2.24) is 0 Å². The fourth-order valence-electron chi connectivity index (χ4n) is 2.16. The zero-order valence-corrected chi connectivity index (χ0v) is 12.7. The first-order valence-electron chi connectivity index (χ1n) is 7.10. The van der Waals surface area contributed by atoms with Gasteiger partial charge in [0.25, 0.3) is 0 Å². The van der Waals surface area contributed by atoms with Gasteiger partial charge >= 0.3 is 0 Å². The SMILES string of the molecule is CC(C)(C)OO.OO.c1ccc(C2CCCCC2)cc1. The molecule has 1 aromatic carbocycles. The molecule has 1 aromatic rings. The highest BCUT2D eigenvalue weighted by Gasteiger charge is 2.14. The first-order valence-corrected chi connectivity index (χ1v) is 7.10. The molecule has 4 nitrogen and oxygen atoms in total. The lowest BCUT2D eigenvalue weighted by atomic mass is 9.84. The molecule has 0 aliphatic heterocycles. The minimum atomic E-state index is -0.403. The van der Waals surface area contributed by atoms with Gasteiger partial charge in [0, 0.05) is 0 Å². The van der Waals surface area contributed by atoms with E-state index in [0.717, 1.165) is 5.92 Å². The Bertz CT molecular complexity index is 313. The van der Waals surface area contributed by atoms with Crippen molar-refractivity contribution < 1.29 is 20.7 Å². The summed E-state index contributed by atoms with van der Waals surface area (Å²) in [5.74, 6) is 0.861. The van der Waals surface area contributed by atoms with Gasteiger partial charge in [-0.25, -0.2) is 4.89 Å². The van der Waals surface area contributed by atoms with Crippen molar-refractivity contribution in [2.24, 2.45) is 0 Å². The summed E-state index contributed by atoms with van der Waals surface area (Å²) in [7, 11) is 0. The van der Waals surface area contributed by atoms with Gasteiger partial charge in [0.15, 0.2) is 0 Å². The Hall–Kier alpha value is -0.940. The van der Waals surface area contributed by atoms with Crippen LogP contribution in [0.25, 0.3) is 0 Å². The molecule has 1 saturated carbocycles. The summed E-state index contributed by atoms with van der Waals surface area (Å²) in [5, 5.41) is 19.9. The normalized spacial score (nSPS) is 15.5. The second kappa shape index (κ2) is 10.8. The van der Waals surface area contributed by atoms with E-state index in [4.69, 9.17) is 15.8 Å². The molecule has 1 aliphatic carbocycles. The first-order chi connectivity index (χ1) is 9.53. The predicted octanol–water partition coefficient (Wildman–Crippen LogP) is 5.03. The Morgan fingerprint density at radius 2 is 1.40 bits per heavy atom. The Labute approximate surface area is 121 Å². The van der Waals surface area contributed by atoms with Crippen molar-refractivity contribution in [2.45, 2.75) is 64.4 Å². The Balaban J connectivity index is 0.000000387. The summed E-state index contributed by atoms with van der Waals surface area (Å²) in [6.45, 7) is 5.31. The fraction of sp³-hybridized carbons (Fsp3) is 0.625. The van der Waals surface area contributed by atoms with Crippen LogP contribution in [0.4, 0.5) is 0 Å². The lowest BCUT2D eigenvalue weighted by Crippen LogP contribution is -2.15. The smallest absolute Gasteiger partial charge is 0.0949 e. The molecule has 3 N–H and O–H groups in total. The van der Waals surface area contributed by atoms with Gasteiger partial charge in [-0.3, -0.25) is 15.8 Å². The van der Waals surface area contributed by atoms with Crippen molar-refractivity contribution in [3.8, 4) is 0 Å². The second-order valence-corrected chi connectivity index (χ2v) is 5.95. The summed E-state index contributed by atoms with van der Waals surface area (Å²) in [6, 6.07) is 11.0. The van der Waals surface area contributed by atoms with E-state index in [1.54, 1.807) is 26.3 Å². The number of hydrogen-bond donors (Lipinski definition) is 3. The maximum atomic E-state index is 7.90. The highest BCUT2D eigenvalue weighted by atomic mass is 17.1. The van der Waals surface area contributed by atoms with Gasteiger partial charge in [0.2, 0.25) is 0 Å². The third kappa shape index (κ3) is 9.04. The number of hydrogen-bond acceptors (Lipinski definition) is 4. The molecule has 0 heterocycles. The van der Waals surface area contributed by atoms with Crippen LogP contribution in [0.3, 0.4) is 0 Å². The molecule has 4 heteroatoms. The summed E-state index contributed by atoms with van der Waals surface area (Å²) < 4.78 is 0. The molecule has 0 radical (unpaired) electrons. The number of rotatable bonds is 1. The van der Waals surface area contributed by atoms with Crippen LogP contribution in [0.2, 0.25) is 0 Å². The van der Waals surface area contributed by atoms with Crippen molar-refractivity contribution in [1.29, 1.82) is 0 Å². The topological polar surface area (TPSA) is 69.9 Å². The summed E-state index contributed by atoms with van der Waals surface area (Å²) in [5.41, 5.74) is 1.15. The first kappa shape index (κ1) is 19.1. The van der Waals surface area contributed by atoms with Gasteiger partial charge in [-0.2, -0.15) is 0 Å². The molecule has 20 heavy (non-hydrogen) atoms. The van der Waals surface area contributed by atoms with Crippen molar-refractivity contribution >= 4 is 0 Å². The summed E-state index contributed by atoms with van der Waals surface area (Å²) in [4.78, 5) is 3.94. The van der Waals surface area contributed by atoms with Gasteiger partial charge in [-0.1, -0.05) is 49.6 Å². The molecule has 116 valence electrons. The lowest BCUT2D eigenvalue weighted by Gasteiger charge is -2.21. The molecule has 0 spiro atoms. The van der Waals surface area contributed by atoms with Gasteiger partial charge in [0.1, 0.15) is 0 Å². The van der Waals surface area contributed by atoms with Crippen molar-refractivity contribution in [2.75, 3.05) is 0 Å². The van der Waals surface area contributed by atoms with Gasteiger partial charge in [-0.05, 0) is 45.1 Å². The molecule has 0 bridgehead atoms. The molecule has 0 saturated heterocycles. The molecule has 0 atom stereocenters. The molecule has 1 fully saturated rings. The van der Waals surface area contributed by atoms with Crippen LogP contribution in [0.5, 0.6) is 0 Å². The average molecular weight is 284 g/mol. The van der Waals surface area contributed by atoms with Crippen LogP contribution in [-0.4, -0.2) is 21.4 Å². The van der Waals surface area contributed by atoms with Crippen LogP contribution in [0, 0.1) is 0 Å². The van der Waals surface area contributed by atoms with E-state index in [1.807, 2.05) is 0 Å². The van der Waals surface area contributed by atoms with Crippen LogP contribution < -0.4 is 0 Å². The zero-order chi connectivity index (χ0) is 15.4. The van der Waals surface area contributed by atoms with Crippen molar-refractivity contribution in [3.05, 3.63) is 35.9 Å². The minimum Gasteiger partial charge on any atom is -0.255 e. The van der Waals surface area contributed by atoms with Crippen LogP contribution in [0.15, 0.2) is 30.3 Å². The van der Waals surface area contributed by atoms with Crippen LogP contribution >= 0.6 is 0 Å². The molecule has 0 unspecified atom stereocenters. The standard InChI is InChI=1S/C12H16.C4H10O2.H2O2/c1-3-7-11(8-4-1)12-9-5-2-6-10-12;1-4(2,3)6-5;1-2/h1,3-4,7-8,12H,2,5-6,9-10H2;5H,1-3H3;1-2H. The predicted molar refractivity (Wildman–Crippen MR) is 81.0 cm³/mol. The van der Waals surface area contributed by atoms with Crippen LogP contribution in [0.1, 0.15) is 64.4 Å². The highest BCUT2D eigenvalue weighted by Crippen LogP contribution is 2.32. The Morgan fingerprint density at radius 1 is 0.950 bits per heavy atom. The molecular weight excluding hydrogens is 256 g/mol. The summed E-state index contributed by atoms with van der Waals surface area (Å²) >= 11 is 0. The summed E-state index contributed by atoms with van der Waals surface area (Å²) in [6.07, 6.45) is 7.12. The Morgan fingerprint density at radius 3 is 1.80 bits per heavy atom. The van der Waals surface area contributed by atoms with E-state index in [-0.39, 0.29) is 0 Å². The molecule has 2 rings (SSSR count). The van der Waals surface area contributed by atoms with E-state index in [0.29, 0.717) is 0 Å². The van der Waals surface area contributed by atoms with E-state index in [2.05, 4.69) is 35.2 Å². The van der Waals surface area contributed by atoms with E-state index in [9.17, 15) is 0 Å². The van der Waals surface area contributed by atoms with E-state index >= 15 is 0 Å².